The maximum atomic E-state index is 6.05. The molecule has 0 aliphatic heterocycles. The molecule has 1 aromatic carbocycles. The van der Waals surface area contributed by atoms with Crippen molar-refractivity contribution in [1.82, 2.24) is 0 Å². The van der Waals surface area contributed by atoms with Crippen LogP contribution in [-0.4, -0.2) is 6.61 Å². The molecule has 2 aromatic rings. The number of nitrogens with two attached hydrogens (primary N) is 1. The molecular weight excluding hydrogens is 218 g/mol. The minimum absolute atomic E-state index is 0.667. The van der Waals surface area contributed by atoms with Gasteiger partial charge < -0.3 is 10.5 Å². The smallest absolute Gasteiger partial charge is 0.174 e. The lowest BCUT2D eigenvalue weighted by molar-refractivity contribution is 0.350. The molecule has 0 radical (unpaired) electrons. The van der Waals surface area contributed by atoms with Crippen LogP contribution in [0.2, 0.25) is 5.02 Å². The van der Waals surface area contributed by atoms with E-state index >= 15 is 0 Å². The molecule has 14 heavy (non-hydrogen) atoms. The molecule has 0 saturated carbocycles. The number of benzene rings is 1. The van der Waals surface area contributed by atoms with E-state index in [1.807, 2.05) is 19.1 Å². The molecule has 2 rings (SSSR count). The monoisotopic (exact) mass is 227 g/mol. The van der Waals surface area contributed by atoms with Crippen LogP contribution >= 0.6 is 22.9 Å². The van der Waals surface area contributed by atoms with Gasteiger partial charge in [-0.3, -0.25) is 0 Å². The molecule has 0 saturated heterocycles. The van der Waals surface area contributed by atoms with Gasteiger partial charge in [0.15, 0.2) is 5.06 Å². The average molecular weight is 228 g/mol. The van der Waals surface area contributed by atoms with Gasteiger partial charge in [-0.25, -0.2) is 0 Å². The highest BCUT2D eigenvalue weighted by Gasteiger charge is 2.06. The topological polar surface area (TPSA) is 35.2 Å². The van der Waals surface area contributed by atoms with Crippen LogP contribution < -0.4 is 10.5 Å². The lowest BCUT2D eigenvalue weighted by atomic mass is 10.2. The molecule has 1 heterocycles. The zero-order valence-electron chi connectivity index (χ0n) is 7.71. The Balaban J connectivity index is 2.58. The fourth-order valence-electron chi connectivity index (χ4n) is 1.32. The van der Waals surface area contributed by atoms with E-state index in [0.717, 1.165) is 15.1 Å². The zero-order chi connectivity index (χ0) is 10.1. The second-order valence-electron chi connectivity index (χ2n) is 2.92. The molecule has 2 N–H and O–H groups in total. The maximum Gasteiger partial charge on any atom is 0.174 e. The molecule has 0 spiro atoms. The predicted octanol–water partition coefficient (Wildman–Crippen LogP) is 3.54. The van der Waals surface area contributed by atoms with Crippen molar-refractivity contribution in [1.29, 1.82) is 0 Å². The average Bonchev–Trinajstić information content (AvgIpc) is 2.48. The summed E-state index contributed by atoms with van der Waals surface area (Å²) < 4.78 is 6.44. The Morgan fingerprint density at radius 1 is 1.43 bits per heavy atom. The van der Waals surface area contributed by atoms with Crippen LogP contribution in [0.25, 0.3) is 10.1 Å². The fraction of sp³-hybridized carbons (Fsp3) is 0.200. The Morgan fingerprint density at radius 2 is 2.21 bits per heavy atom. The Bertz CT molecular complexity index is 466. The molecule has 0 bridgehead atoms. The molecule has 0 aliphatic rings. The van der Waals surface area contributed by atoms with Gasteiger partial charge in [-0.1, -0.05) is 22.9 Å². The van der Waals surface area contributed by atoms with Crippen molar-refractivity contribution in [3.63, 3.8) is 0 Å². The Hall–Kier alpha value is -0.930. The van der Waals surface area contributed by atoms with Crippen LogP contribution in [0.1, 0.15) is 6.92 Å². The van der Waals surface area contributed by atoms with Crippen LogP contribution in [0.15, 0.2) is 18.2 Å². The van der Waals surface area contributed by atoms with E-state index in [9.17, 15) is 0 Å². The summed E-state index contributed by atoms with van der Waals surface area (Å²) in [7, 11) is 0. The number of rotatable bonds is 2. The molecule has 4 heteroatoms. The van der Waals surface area contributed by atoms with E-state index < -0.39 is 0 Å². The summed E-state index contributed by atoms with van der Waals surface area (Å²) >= 11 is 7.60. The fourth-order valence-corrected chi connectivity index (χ4v) is 2.63. The zero-order valence-corrected chi connectivity index (χ0v) is 9.28. The summed E-state index contributed by atoms with van der Waals surface area (Å²) in [5, 5.41) is 2.62. The number of halogens is 1. The van der Waals surface area contributed by atoms with Gasteiger partial charge in [0, 0.05) is 5.69 Å². The quantitative estimate of drug-likeness (QED) is 0.797. The predicted molar refractivity (Wildman–Crippen MR) is 62.4 cm³/mol. The van der Waals surface area contributed by atoms with E-state index in [0.29, 0.717) is 17.3 Å². The number of hydrogen-bond donors (Lipinski definition) is 1. The van der Waals surface area contributed by atoms with Crippen molar-refractivity contribution in [2.75, 3.05) is 12.3 Å². The van der Waals surface area contributed by atoms with E-state index in [2.05, 4.69) is 0 Å². The summed E-state index contributed by atoms with van der Waals surface area (Å²) in [6, 6.07) is 5.63. The first-order valence-electron chi connectivity index (χ1n) is 4.32. The normalized spacial score (nSPS) is 10.7. The number of nitrogen functional groups attached to an aromatic ring is 1. The Morgan fingerprint density at radius 3 is 2.93 bits per heavy atom. The van der Waals surface area contributed by atoms with Gasteiger partial charge in [0.05, 0.1) is 16.3 Å². The van der Waals surface area contributed by atoms with Gasteiger partial charge in [0.1, 0.15) is 0 Å². The first kappa shape index (κ1) is 9.62. The van der Waals surface area contributed by atoms with Crippen molar-refractivity contribution >= 4 is 38.7 Å². The van der Waals surface area contributed by atoms with Crippen LogP contribution in [0.5, 0.6) is 5.06 Å². The summed E-state index contributed by atoms with van der Waals surface area (Å²) in [5.74, 6) is 0. The van der Waals surface area contributed by atoms with Crippen molar-refractivity contribution in [2.45, 2.75) is 6.92 Å². The second kappa shape index (κ2) is 3.67. The third-order valence-electron chi connectivity index (χ3n) is 1.86. The summed E-state index contributed by atoms with van der Waals surface area (Å²) in [5.41, 5.74) is 6.37. The summed E-state index contributed by atoms with van der Waals surface area (Å²) in [6.07, 6.45) is 0. The van der Waals surface area contributed by atoms with Crippen LogP contribution in [0.4, 0.5) is 5.69 Å². The first-order chi connectivity index (χ1) is 6.70. The highest BCUT2D eigenvalue weighted by molar-refractivity contribution is 7.21. The summed E-state index contributed by atoms with van der Waals surface area (Å²) in [6.45, 7) is 2.63. The Labute approximate surface area is 91.2 Å². The number of anilines is 1. The van der Waals surface area contributed by atoms with Crippen LogP contribution in [0, 0.1) is 0 Å². The molecule has 0 aliphatic carbocycles. The Kier molecular flexibility index (Phi) is 2.52. The van der Waals surface area contributed by atoms with Crippen LogP contribution in [-0.2, 0) is 0 Å². The lowest BCUT2D eigenvalue weighted by Gasteiger charge is -1.95. The number of ether oxygens (including phenoxy) is 1. The van der Waals surface area contributed by atoms with Gasteiger partial charge in [0.2, 0.25) is 0 Å². The maximum absolute atomic E-state index is 6.05. The van der Waals surface area contributed by atoms with Gasteiger partial charge in [-0.2, -0.15) is 0 Å². The van der Waals surface area contributed by atoms with E-state index in [-0.39, 0.29) is 0 Å². The number of fused-ring (bicyclic) bond motifs is 1. The third kappa shape index (κ3) is 1.65. The van der Waals surface area contributed by atoms with E-state index in [4.69, 9.17) is 22.1 Å². The molecule has 0 atom stereocenters. The highest BCUT2D eigenvalue weighted by atomic mass is 35.5. The van der Waals surface area contributed by atoms with Gasteiger partial charge in [-0.15, -0.1) is 0 Å². The molecule has 0 unspecified atom stereocenters. The SMILES string of the molecule is CCOc1cc2cc(N)cc(Cl)c2s1. The standard InChI is InChI=1S/C10H10ClNOS/c1-2-13-9-4-6-3-7(12)5-8(11)10(6)14-9/h3-5H,2,12H2,1H3. The van der Waals surface area contributed by atoms with Crippen molar-refractivity contribution in [3.05, 3.63) is 23.2 Å². The van der Waals surface area contributed by atoms with Gasteiger partial charge >= 0.3 is 0 Å². The minimum Gasteiger partial charge on any atom is -0.484 e. The molecule has 74 valence electrons. The van der Waals surface area contributed by atoms with Crippen molar-refractivity contribution in [2.24, 2.45) is 0 Å². The second-order valence-corrected chi connectivity index (χ2v) is 4.34. The van der Waals surface area contributed by atoms with Gasteiger partial charge in [0.25, 0.3) is 0 Å². The van der Waals surface area contributed by atoms with Crippen molar-refractivity contribution in [3.8, 4) is 5.06 Å². The number of thiophene rings is 1. The molecule has 0 fully saturated rings. The van der Waals surface area contributed by atoms with Crippen molar-refractivity contribution < 1.29 is 4.74 Å². The van der Waals surface area contributed by atoms with E-state index in [1.165, 1.54) is 0 Å². The molecule has 1 aromatic heterocycles. The highest BCUT2D eigenvalue weighted by Crippen LogP contribution is 2.37. The lowest BCUT2D eigenvalue weighted by Crippen LogP contribution is -1.86. The minimum atomic E-state index is 0.667. The molecule has 0 amide bonds. The molecule has 2 nitrogen and oxygen atoms in total. The van der Waals surface area contributed by atoms with Crippen LogP contribution in [0.3, 0.4) is 0 Å². The van der Waals surface area contributed by atoms with Gasteiger partial charge in [-0.05, 0) is 30.5 Å². The summed E-state index contributed by atoms with van der Waals surface area (Å²) in [4.78, 5) is 0. The molecular formula is C10H10ClNOS. The third-order valence-corrected chi connectivity index (χ3v) is 3.36. The number of hydrogen-bond acceptors (Lipinski definition) is 3. The largest absolute Gasteiger partial charge is 0.484 e. The first-order valence-corrected chi connectivity index (χ1v) is 5.51. The van der Waals surface area contributed by atoms with E-state index in [1.54, 1.807) is 17.4 Å².